The van der Waals surface area contributed by atoms with E-state index >= 15 is 0 Å². The normalized spacial score (nSPS) is 12.8. The van der Waals surface area contributed by atoms with Gasteiger partial charge in [-0.15, -0.1) is 0 Å². The van der Waals surface area contributed by atoms with Crippen LogP contribution in [0.5, 0.6) is 5.75 Å². The number of hydrogen-bond acceptors (Lipinski definition) is 2. The van der Waals surface area contributed by atoms with Crippen molar-refractivity contribution in [2.75, 3.05) is 11.9 Å². The minimum absolute atomic E-state index is 0.0291. The third-order valence-corrected chi connectivity index (χ3v) is 4.30. The highest BCUT2D eigenvalue weighted by atomic mass is 16.5. The summed E-state index contributed by atoms with van der Waals surface area (Å²) in [6, 6.07) is 12.0. The Bertz CT molecular complexity index is 707. The number of nitrogens with one attached hydrogen (secondary N) is 1. The van der Waals surface area contributed by atoms with Crippen molar-refractivity contribution >= 4 is 11.6 Å². The summed E-state index contributed by atoms with van der Waals surface area (Å²) in [6.45, 7) is 4.07. The van der Waals surface area contributed by atoms with Crippen LogP contribution in [0.4, 0.5) is 5.69 Å². The fourth-order valence-electron chi connectivity index (χ4n) is 2.87. The van der Waals surface area contributed by atoms with Crippen molar-refractivity contribution in [2.24, 2.45) is 0 Å². The molecule has 0 spiro atoms. The number of carbonyl (C=O) groups is 1. The summed E-state index contributed by atoms with van der Waals surface area (Å²) in [6.07, 6.45) is 3.47. The van der Waals surface area contributed by atoms with Gasteiger partial charge in [-0.1, -0.05) is 18.2 Å². The van der Waals surface area contributed by atoms with Gasteiger partial charge in [0.2, 0.25) is 0 Å². The fourth-order valence-corrected chi connectivity index (χ4v) is 2.87. The van der Waals surface area contributed by atoms with Crippen molar-refractivity contribution in [1.82, 2.24) is 0 Å². The summed E-state index contributed by atoms with van der Waals surface area (Å²) in [4.78, 5) is 12.0. The molecule has 0 fully saturated rings. The van der Waals surface area contributed by atoms with E-state index in [1.165, 1.54) is 17.5 Å². The van der Waals surface area contributed by atoms with Gasteiger partial charge in [0.25, 0.3) is 5.91 Å². The topological polar surface area (TPSA) is 38.3 Å². The Hall–Kier alpha value is -2.29. The third-order valence-electron chi connectivity index (χ3n) is 4.30. The van der Waals surface area contributed by atoms with Crippen LogP contribution in [0, 0.1) is 13.8 Å². The number of ether oxygens (including phenoxy) is 1. The molecule has 22 heavy (non-hydrogen) atoms. The first-order valence-electron chi connectivity index (χ1n) is 7.74. The minimum Gasteiger partial charge on any atom is -0.483 e. The van der Waals surface area contributed by atoms with Gasteiger partial charge >= 0.3 is 0 Å². The van der Waals surface area contributed by atoms with Gasteiger partial charge in [-0.3, -0.25) is 4.79 Å². The molecule has 0 atom stereocenters. The van der Waals surface area contributed by atoms with Gasteiger partial charge < -0.3 is 10.1 Å². The van der Waals surface area contributed by atoms with E-state index in [1.807, 2.05) is 38.1 Å². The zero-order valence-electron chi connectivity index (χ0n) is 13.1. The van der Waals surface area contributed by atoms with Crippen LogP contribution in [0.15, 0.2) is 36.4 Å². The number of rotatable bonds is 4. The van der Waals surface area contributed by atoms with Gasteiger partial charge in [0, 0.05) is 5.69 Å². The van der Waals surface area contributed by atoms with E-state index in [9.17, 15) is 4.79 Å². The maximum absolute atomic E-state index is 12.0. The van der Waals surface area contributed by atoms with Crippen molar-refractivity contribution in [3.8, 4) is 5.75 Å². The fraction of sp³-hybridized carbons (Fsp3) is 0.316. The molecule has 3 nitrogen and oxygen atoms in total. The van der Waals surface area contributed by atoms with Crippen LogP contribution in [0.3, 0.4) is 0 Å². The number of fused-ring (bicyclic) bond motifs is 1. The molecule has 0 radical (unpaired) electrons. The Balaban J connectivity index is 1.60. The van der Waals surface area contributed by atoms with Crippen molar-refractivity contribution in [3.05, 3.63) is 58.7 Å². The Morgan fingerprint density at radius 1 is 1.14 bits per heavy atom. The van der Waals surface area contributed by atoms with Crippen molar-refractivity contribution in [3.63, 3.8) is 0 Å². The summed E-state index contributed by atoms with van der Waals surface area (Å²) in [7, 11) is 0. The molecule has 1 N–H and O–H groups in total. The molecular formula is C19H21NO2. The summed E-state index contributed by atoms with van der Waals surface area (Å²) >= 11 is 0. The predicted octanol–water partition coefficient (Wildman–Crippen LogP) is 3.81. The average molecular weight is 295 g/mol. The Morgan fingerprint density at radius 2 is 1.95 bits per heavy atom. The monoisotopic (exact) mass is 295 g/mol. The van der Waals surface area contributed by atoms with Gasteiger partial charge in [-0.2, -0.15) is 0 Å². The first-order chi connectivity index (χ1) is 10.6. The number of amides is 1. The molecule has 0 saturated carbocycles. The van der Waals surface area contributed by atoms with E-state index in [1.54, 1.807) is 0 Å². The second kappa shape index (κ2) is 6.22. The number of benzene rings is 2. The second-order valence-corrected chi connectivity index (χ2v) is 5.87. The lowest BCUT2D eigenvalue weighted by Crippen LogP contribution is -2.20. The molecular weight excluding hydrogens is 274 g/mol. The summed E-state index contributed by atoms with van der Waals surface area (Å²) < 4.78 is 5.63. The van der Waals surface area contributed by atoms with Gasteiger partial charge in [-0.05, 0) is 73.6 Å². The predicted molar refractivity (Wildman–Crippen MR) is 88.5 cm³/mol. The van der Waals surface area contributed by atoms with E-state index in [0.717, 1.165) is 35.4 Å². The van der Waals surface area contributed by atoms with Gasteiger partial charge in [0.15, 0.2) is 6.61 Å². The van der Waals surface area contributed by atoms with Gasteiger partial charge in [0.1, 0.15) is 5.75 Å². The zero-order valence-corrected chi connectivity index (χ0v) is 13.1. The van der Waals surface area contributed by atoms with E-state index in [0.29, 0.717) is 0 Å². The van der Waals surface area contributed by atoms with E-state index < -0.39 is 0 Å². The van der Waals surface area contributed by atoms with Crippen molar-refractivity contribution < 1.29 is 9.53 Å². The highest BCUT2D eigenvalue weighted by Crippen LogP contribution is 2.25. The lowest BCUT2D eigenvalue weighted by molar-refractivity contribution is -0.118. The smallest absolute Gasteiger partial charge is 0.262 e. The lowest BCUT2D eigenvalue weighted by atomic mass is 10.1. The SMILES string of the molecule is Cc1cccc(OCC(=O)Nc2ccc3c(c2)CCC3)c1C. The molecule has 3 rings (SSSR count). The first kappa shape index (κ1) is 14.6. The number of hydrogen-bond donors (Lipinski definition) is 1. The van der Waals surface area contributed by atoms with Crippen LogP contribution in [0.2, 0.25) is 0 Å². The highest BCUT2D eigenvalue weighted by Gasteiger charge is 2.12. The molecule has 0 heterocycles. The van der Waals surface area contributed by atoms with Crippen molar-refractivity contribution in [1.29, 1.82) is 0 Å². The molecule has 3 heteroatoms. The Morgan fingerprint density at radius 3 is 2.82 bits per heavy atom. The molecule has 0 bridgehead atoms. The quantitative estimate of drug-likeness (QED) is 0.931. The Kier molecular flexibility index (Phi) is 4.14. The van der Waals surface area contributed by atoms with Crippen molar-refractivity contribution in [2.45, 2.75) is 33.1 Å². The van der Waals surface area contributed by atoms with Gasteiger partial charge in [-0.25, -0.2) is 0 Å². The zero-order chi connectivity index (χ0) is 15.5. The van der Waals surface area contributed by atoms with E-state index in [4.69, 9.17) is 4.74 Å². The first-order valence-corrected chi connectivity index (χ1v) is 7.74. The standard InChI is InChI=1S/C19H21NO2/c1-13-5-3-8-18(14(13)2)22-12-19(21)20-17-10-9-15-6-4-7-16(15)11-17/h3,5,8-11H,4,6-7,12H2,1-2H3,(H,20,21). The summed E-state index contributed by atoms with van der Waals surface area (Å²) in [5.74, 6) is 0.642. The third kappa shape index (κ3) is 3.14. The summed E-state index contributed by atoms with van der Waals surface area (Å²) in [5, 5.41) is 2.91. The maximum Gasteiger partial charge on any atom is 0.262 e. The molecule has 2 aromatic rings. The van der Waals surface area contributed by atoms with E-state index in [2.05, 4.69) is 17.4 Å². The van der Waals surface area contributed by atoms with Crippen LogP contribution in [0.25, 0.3) is 0 Å². The molecule has 1 aliphatic rings. The highest BCUT2D eigenvalue weighted by molar-refractivity contribution is 5.92. The summed E-state index contributed by atoms with van der Waals surface area (Å²) in [5.41, 5.74) is 5.86. The van der Waals surface area contributed by atoms with Crippen LogP contribution >= 0.6 is 0 Å². The number of anilines is 1. The van der Waals surface area contributed by atoms with Gasteiger partial charge in [0.05, 0.1) is 0 Å². The minimum atomic E-state index is -0.126. The number of aryl methyl sites for hydroxylation is 3. The molecule has 114 valence electrons. The molecule has 1 amide bonds. The average Bonchev–Trinajstić information content (AvgIpc) is 2.96. The van der Waals surface area contributed by atoms with Crippen LogP contribution < -0.4 is 10.1 Å². The van der Waals surface area contributed by atoms with Crippen LogP contribution in [-0.2, 0) is 17.6 Å². The molecule has 2 aromatic carbocycles. The number of carbonyl (C=O) groups excluding carboxylic acids is 1. The molecule has 1 aliphatic carbocycles. The molecule has 0 aliphatic heterocycles. The largest absolute Gasteiger partial charge is 0.483 e. The molecule has 0 aromatic heterocycles. The van der Waals surface area contributed by atoms with E-state index in [-0.39, 0.29) is 12.5 Å². The molecule has 0 saturated heterocycles. The molecule has 0 unspecified atom stereocenters. The maximum atomic E-state index is 12.0. The lowest BCUT2D eigenvalue weighted by Gasteiger charge is -2.11. The Labute approximate surface area is 131 Å². The van der Waals surface area contributed by atoms with Crippen LogP contribution in [-0.4, -0.2) is 12.5 Å². The second-order valence-electron chi connectivity index (χ2n) is 5.87. The van der Waals surface area contributed by atoms with Crippen LogP contribution in [0.1, 0.15) is 28.7 Å².